The van der Waals surface area contributed by atoms with E-state index in [1.165, 1.54) is 0 Å². The maximum atomic E-state index is 13.0. The molecule has 3 aromatic rings. The third-order valence-electron chi connectivity index (χ3n) is 5.22. The maximum Gasteiger partial charge on any atom is 0.490 e. The molecular formula is C22H21ClF3N3O5. The van der Waals surface area contributed by atoms with Gasteiger partial charge in [0.05, 0.1) is 23.4 Å². The smallest absolute Gasteiger partial charge is 0.475 e. The van der Waals surface area contributed by atoms with Crippen LogP contribution in [0.1, 0.15) is 23.5 Å². The lowest BCUT2D eigenvalue weighted by Crippen LogP contribution is -2.54. The number of ether oxygens (including phenoxy) is 1. The van der Waals surface area contributed by atoms with Crippen molar-refractivity contribution in [2.75, 3.05) is 19.8 Å². The Kier molecular flexibility index (Phi) is 7.80. The fourth-order valence-electron chi connectivity index (χ4n) is 3.43. The Morgan fingerprint density at radius 3 is 2.44 bits per heavy atom. The highest BCUT2D eigenvalue weighted by Gasteiger charge is 2.38. The van der Waals surface area contributed by atoms with Gasteiger partial charge in [0.1, 0.15) is 0 Å². The summed E-state index contributed by atoms with van der Waals surface area (Å²) >= 11 is 6.13. The van der Waals surface area contributed by atoms with Crippen LogP contribution in [0, 0.1) is 0 Å². The molecule has 2 aromatic heterocycles. The summed E-state index contributed by atoms with van der Waals surface area (Å²) in [4.78, 5) is 26.5. The fraction of sp³-hybridized carbons (Fsp3) is 0.318. The number of alkyl halides is 3. The van der Waals surface area contributed by atoms with E-state index in [-0.39, 0.29) is 18.3 Å². The normalized spacial score (nSPS) is 15.3. The zero-order valence-electron chi connectivity index (χ0n) is 17.7. The summed E-state index contributed by atoms with van der Waals surface area (Å²) in [5.41, 5.74) is 1.67. The molecule has 0 spiro atoms. The maximum absolute atomic E-state index is 13.0. The van der Waals surface area contributed by atoms with Crippen molar-refractivity contribution >= 4 is 29.0 Å². The number of aliphatic hydroxyl groups is 1. The Hall–Kier alpha value is -3.15. The van der Waals surface area contributed by atoms with Crippen molar-refractivity contribution in [1.82, 2.24) is 14.7 Å². The third-order valence-corrected chi connectivity index (χ3v) is 5.46. The van der Waals surface area contributed by atoms with Crippen molar-refractivity contribution in [2.24, 2.45) is 0 Å². The number of carboxylic acids is 1. The van der Waals surface area contributed by atoms with Gasteiger partial charge in [0.2, 0.25) is 5.82 Å². The number of rotatable bonds is 4. The molecule has 0 radical (unpaired) electrons. The van der Waals surface area contributed by atoms with Crippen LogP contribution in [-0.2, 0) is 9.53 Å². The van der Waals surface area contributed by atoms with Crippen molar-refractivity contribution in [3.63, 3.8) is 0 Å². The van der Waals surface area contributed by atoms with Crippen LogP contribution in [0.2, 0.25) is 5.02 Å². The number of hydrogen-bond acceptors (Lipinski definition) is 5. The number of nitrogens with zero attached hydrogens (tertiary/aromatic N) is 2. The van der Waals surface area contributed by atoms with Gasteiger partial charge in [0.25, 0.3) is 5.91 Å². The molecule has 1 saturated heterocycles. The molecular weight excluding hydrogens is 479 g/mol. The largest absolute Gasteiger partial charge is 0.490 e. The Morgan fingerprint density at radius 1 is 1.18 bits per heavy atom. The Labute approximate surface area is 196 Å². The molecule has 1 fully saturated rings. The highest BCUT2D eigenvalue weighted by atomic mass is 35.5. The first-order chi connectivity index (χ1) is 16.1. The van der Waals surface area contributed by atoms with Gasteiger partial charge in [-0.05, 0) is 37.1 Å². The summed E-state index contributed by atoms with van der Waals surface area (Å²) in [7, 11) is 0. The van der Waals surface area contributed by atoms with Gasteiger partial charge < -0.3 is 20.3 Å². The van der Waals surface area contributed by atoms with Crippen molar-refractivity contribution in [2.45, 2.75) is 24.6 Å². The molecule has 1 amide bonds. The second-order valence-electron chi connectivity index (χ2n) is 7.56. The number of carboxylic acid groups (broad SMARTS) is 1. The summed E-state index contributed by atoms with van der Waals surface area (Å²) in [6.45, 7) is 0.889. The molecule has 3 N–H and O–H groups in total. The number of nitrogens with one attached hydrogen (secondary N) is 1. The summed E-state index contributed by atoms with van der Waals surface area (Å²) in [6.07, 6.45) is -2.14. The lowest BCUT2D eigenvalue weighted by atomic mass is 9.91. The Bertz CT molecular complexity index is 1180. The van der Waals surface area contributed by atoms with Gasteiger partial charge in [0.15, 0.2) is 0 Å². The molecule has 34 heavy (non-hydrogen) atoms. The van der Waals surface area contributed by atoms with Crippen LogP contribution >= 0.6 is 11.6 Å². The Balaban J connectivity index is 0.000000406. The average Bonchev–Trinajstić information content (AvgIpc) is 3.19. The first-order valence-corrected chi connectivity index (χ1v) is 10.5. The second-order valence-corrected chi connectivity index (χ2v) is 7.99. The summed E-state index contributed by atoms with van der Waals surface area (Å²) in [5, 5.41) is 20.6. The van der Waals surface area contributed by atoms with E-state index in [0.717, 1.165) is 11.1 Å². The van der Waals surface area contributed by atoms with Gasteiger partial charge in [0, 0.05) is 30.0 Å². The molecule has 0 bridgehead atoms. The molecule has 0 atom stereocenters. The number of fused-ring (bicyclic) bond motifs is 1. The van der Waals surface area contributed by atoms with Crippen LogP contribution in [0.5, 0.6) is 0 Å². The molecule has 8 nitrogen and oxygen atoms in total. The number of imidazole rings is 1. The fourth-order valence-corrected chi connectivity index (χ4v) is 3.62. The summed E-state index contributed by atoms with van der Waals surface area (Å²) in [6, 6.07) is 13.1. The van der Waals surface area contributed by atoms with Crippen LogP contribution in [0.4, 0.5) is 13.2 Å². The lowest BCUT2D eigenvalue weighted by Gasteiger charge is -2.36. The Morgan fingerprint density at radius 2 is 1.85 bits per heavy atom. The number of benzene rings is 1. The van der Waals surface area contributed by atoms with Gasteiger partial charge in [-0.25, -0.2) is 9.78 Å². The minimum absolute atomic E-state index is 0.132. The van der Waals surface area contributed by atoms with Gasteiger partial charge in [-0.15, -0.1) is 0 Å². The first kappa shape index (κ1) is 25.5. The van der Waals surface area contributed by atoms with Gasteiger partial charge in [-0.2, -0.15) is 13.2 Å². The number of aliphatic hydroxyl groups excluding tert-OH is 1. The average molecular weight is 500 g/mol. The number of carbonyl (C=O) groups excluding carboxylic acids is 1. The van der Waals surface area contributed by atoms with Crippen LogP contribution in [0.25, 0.3) is 16.8 Å². The minimum atomic E-state index is -5.08. The van der Waals surface area contributed by atoms with Crippen LogP contribution in [0.3, 0.4) is 0 Å². The van der Waals surface area contributed by atoms with E-state index in [4.69, 9.17) is 26.2 Å². The zero-order valence-corrected chi connectivity index (χ0v) is 18.4. The topological polar surface area (TPSA) is 113 Å². The molecule has 1 aliphatic heterocycles. The molecule has 4 rings (SSSR count). The van der Waals surface area contributed by atoms with Crippen molar-refractivity contribution in [3.8, 4) is 11.3 Å². The van der Waals surface area contributed by atoms with E-state index in [1.807, 2.05) is 36.4 Å². The van der Waals surface area contributed by atoms with Crippen LogP contribution in [-0.4, -0.2) is 63.0 Å². The minimum Gasteiger partial charge on any atom is -0.475 e. The van der Waals surface area contributed by atoms with E-state index >= 15 is 0 Å². The number of pyridine rings is 1. The lowest BCUT2D eigenvalue weighted by molar-refractivity contribution is -0.192. The number of amides is 1. The van der Waals surface area contributed by atoms with Gasteiger partial charge >= 0.3 is 12.1 Å². The zero-order chi connectivity index (χ0) is 24.9. The SMILES string of the molecule is O=C(NC1(CO)CCOCC1)c1nc(-c2cccc(Cl)c2)c2ccccn12.O=C(O)C(F)(F)F. The monoisotopic (exact) mass is 499 g/mol. The highest BCUT2D eigenvalue weighted by molar-refractivity contribution is 6.30. The molecule has 1 aromatic carbocycles. The third kappa shape index (κ3) is 5.85. The summed E-state index contributed by atoms with van der Waals surface area (Å²) in [5.74, 6) is -2.80. The number of carbonyl (C=O) groups is 2. The number of aliphatic carboxylic acids is 1. The summed E-state index contributed by atoms with van der Waals surface area (Å²) < 4.78 is 38.9. The number of hydrogen-bond donors (Lipinski definition) is 3. The predicted molar refractivity (Wildman–Crippen MR) is 117 cm³/mol. The second kappa shape index (κ2) is 10.4. The standard InChI is InChI=1S/C20H20ClN3O3.C2HF3O2/c21-15-5-3-4-14(12-15)17-16-6-1-2-9-24(16)18(22-17)19(26)23-20(13-25)7-10-27-11-8-20;3-2(4,5)1(6)7/h1-6,9,12,25H,7-8,10-11,13H2,(H,23,26);(H,6,7). The molecule has 12 heteroatoms. The van der Waals surface area contributed by atoms with Crippen molar-refractivity contribution in [1.29, 1.82) is 0 Å². The quantitative estimate of drug-likeness (QED) is 0.506. The van der Waals surface area contributed by atoms with E-state index < -0.39 is 17.7 Å². The highest BCUT2D eigenvalue weighted by Crippen LogP contribution is 2.28. The first-order valence-electron chi connectivity index (χ1n) is 10.1. The molecule has 3 heterocycles. The van der Waals surface area contributed by atoms with Crippen molar-refractivity contribution in [3.05, 3.63) is 59.5 Å². The van der Waals surface area contributed by atoms with Gasteiger partial charge in [-0.1, -0.05) is 29.8 Å². The van der Waals surface area contributed by atoms with Crippen LogP contribution in [0.15, 0.2) is 48.7 Å². The molecule has 182 valence electrons. The predicted octanol–water partition coefficient (Wildman–Crippen LogP) is 3.56. The van der Waals surface area contributed by atoms with E-state index in [0.29, 0.717) is 36.8 Å². The van der Waals surface area contributed by atoms with Gasteiger partial charge in [-0.3, -0.25) is 9.20 Å². The van der Waals surface area contributed by atoms with E-state index in [9.17, 15) is 23.1 Å². The van der Waals surface area contributed by atoms with E-state index in [2.05, 4.69) is 10.3 Å². The molecule has 1 aliphatic rings. The number of aromatic nitrogens is 2. The van der Waals surface area contributed by atoms with Crippen LogP contribution < -0.4 is 5.32 Å². The molecule has 0 aliphatic carbocycles. The van der Waals surface area contributed by atoms with E-state index in [1.54, 1.807) is 16.7 Å². The number of halogens is 4. The molecule has 0 saturated carbocycles. The molecule has 0 unspecified atom stereocenters. The van der Waals surface area contributed by atoms with Crippen molar-refractivity contribution < 1.29 is 37.7 Å².